The molecule has 0 aromatic heterocycles. The number of hydrogen-bond acceptors (Lipinski definition) is 4. The van der Waals surface area contributed by atoms with Gasteiger partial charge in [-0.05, 0) is 39.2 Å². The van der Waals surface area contributed by atoms with Gasteiger partial charge < -0.3 is 19.9 Å². The standard InChI is InChI=1S/C19H22BrNO3.ClH/c1-3-9-24-19-16(20)10-14(11-18(19)23-2)12-21-13-17(22)15-7-5-4-6-8-15;/h3-8,10-11,17,21-22H,1,9,12-13H2,2H3;1H. The lowest BCUT2D eigenvalue weighted by Crippen LogP contribution is -2.21. The van der Waals surface area contributed by atoms with Crippen molar-refractivity contribution < 1.29 is 14.6 Å². The third kappa shape index (κ3) is 6.36. The molecule has 1 atom stereocenters. The first-order valence-electron chi connectivity index (χ1n) is 7.69. The molecule has 0 saturated carbocycles. The van der Waals surface area contributed by atoms with Gasteiger partial charge >= 0.3 is 0 Å². The zero-order valence-electron chi connectivity index (χ0n) is 14.1. The molecular weight excluding hydrogens is 406 g/mol. The zero-order valence-corrected chi connectivity index (χ0v) is 16.5. The number of aliphatic hydroxyl groups excluding tert-OH is 1. The highest BCUT2D eigenvalue weighted by molar-refractivity contribution is 9.10. The zero-order chi connectivity index (χ0) is 17.4. The molecule has 0 amide bonds. The van der Waals surface area contributed by atoms with Crippen LogP contribution in [0.25, 0.3) is 0 Å². The van der Waals surface area contributed by atoms with Crippen molar-refractivity contribution in [1.82, 2.24) is 5.32 Å². The molecule has 0 aliphatic heterocycles. The van der Waals surface area contributed by atoms with Crippen molar-refractivity contribution in [2.24, 2.45) is 0 Å². The molecule has 6 heteroatoms. The summed E-state index contributed by atoms with van der Waals surface area (Å²) in [7, 11) is 1.61. The van der Waals surface area contributed by atoms with Crippen molar-refractivity contribution in [2.75, 3.05) is 20.3 Å². The third-order valence-corrected chi connectivity index (χ3v) is 4.07. The molecule has 2 aromatic rings. The van der Waals surface area contributed by atoms with Crippen molar-refractivity contribution in [3.05, 3.63) is 70.7 Å². The van der Waals surface area contributed by atoms with Crippen molar-refractivity contribution in [3.63, 3.8) is 0 Å². The first-order chi connectivity index (χ1) is 11.7. The van der Waals surface area contributed by atoms with Crippen LogP contribution in [0.15, 0.2) is 59.6 Å². The molecule has 0 aliphatic carbocycles. The Hall–Kier alpha value is -1.53. The average Bonchev–Trinajstić information content (AvgIpc) is 2.61. The van der Waals surface area contributed by atoms with Gasteiger partial charge in [-0.15, -0.1) is 12.4 Å². The van der Waals surface area contributed by atoms with E-state index >= 15 is 0 Å². The maximum absolute atomic E-state index is 10.2. The summed E-state index contributed by atoms with van der Waals surface area (Å²) in [5.41, 5.74) is 1.93. The Morgan fingerprint density at radius 1 is 1.28 bits per heavy atom. The summed E-state index contributed by atoms with van der Waals surface area (Å²) in [6.07, 6.45) is 1.15. The molecule has 0 heterocycles. The van der Waals surface area contributed by atoms with Crippen molar-refractivity contribution in [1.29, 1.82) is 0 Å². The predicted molar refractivity (Wildman–Crippen MR) is 107 cm³/mol. The third-order valence-electron chi connectivity index (χ3n) is 3.49. The summed E-state index contributed by atoms with van der Waals surface area (Å²) in [5, 5.41) is 13.4. The van der Waals surface area contributed by atoms with Crippen LogP contribution in [0.1, 0.15) is 17.2 Å². The number of aliphatic hydroxyl groups is 1. The van der Waals surface area contributed by atoms with E-state index in [2.05, 4.69) is 27.8 Å². The molecule has 0 aliphatic rings. The van der Waals surface area contributed by atoms with Crippen LogP contribution in [0, 0.1) is 0 Å². The van der Waals surface area contributed by atoms with Crippen molar-refractivity contribution in [2.45, 2.75) is 12.6 Å². The molecular formula is C19H23BrClNO3. The molecule has 2 aromatic carbocycles. The number of hydrogen-bond donors (Lipinski definition) is 2. The summed E-state index contributed by atoms with van der Waals surface area (Å²) in [4.78, 5) is 0. The van der Waals surface area contributed by atoms with Crippen LogP contribution in [-0.2, 0) is 6.54 Å². The van der Waals surface area contributed by atoms with Gasteiger partial charge in [0.15, 0.2) is 11.5 Å². The maximum atomic E-state index is 10.2. The smallest absolute Gasteiger partial charge is 0.175 e. The van der Waals surface area contributed by atoms with Crippen LogP contribution >= 0.6 is 28.3 Å². The Kier molecular flexibility index (Phi) is 9.60. The van der Waals surface area contributed by atoms with Crippen molar-refractivity contribution >= 4 is 28.3 Å². The topological polar surface area (TPSA) is 50.7 Å². The van der Waals surface area contributed by atoms with Crippen LogP contribution in [0.2, 0.25) is 0 Å². The number of nitrogens with one attached hydrogen (secondary N) is 1. The van der Waals surface area contributed by atoms with Gasteiger partial charge in [-0.25, -0.2) is 0 Å². The minimum absolute atomic E-state index is 0. The second-order valence-electron chi connectivity index (χ2n) is 5.27. The molecule has 0 radical (unpaired) electrons. The van der Waals surface area contributed by atoms with Crippen molar-refractivity contribution in [3.8, 4) is 11.5 Å². The summed E-state index contributed by atoms with van der Waals surface area (Å²) in [6, 6.07) is 13.5. The molecule has 25 heavy (non-hydrogen) atoms. The van der Waals surface area contributed by atoms with Crippen LogP contribution in [0.5, 0.6) is 11.5 Å². The van der Waals surface area contributed by atoms with Gasteiger partial charge in [0.25, 0.3) is 0 Å². The lowest BCUT2D eigenvalue weighted by atomic mass is 10.1. The van der Waals surface area contributed by atoms with Gasteiger partial charge in [0.05, 0.1) is 17.7 Å². The first kappa shape index (κ1) is 21.5. The maximum Gasteiger partial charge on any atom is 0.175 e. The number of ether oxygens (including phenoxy) is 2. The van der Waals surface area contributed by atoms with Gasteiger partial charge in [0.2, 0.25) is 0 Å². The highest BCUT2D eigenvalue weighted by Gasteiger charge is 2.12. The minimum Gasteiger partial charge on any atom is -0.493 e. The lowest BCUT2D eigenvalue weighted by molar-refractivity contribution is 0.174. The Balaban J connectivity index is 0.00000312. The second-order valence-corrected chi connectivity index (χ2v) is 6.12. The largest absolute Gasteiger partial charge is 0.493 e. The summed E-state index contributed by atoms with van der Waals surface area (Å²) >= 11 is 3.51. The fourth-order valence-corrected chi connectivity index (χ4v) is 2.91. The van der Waals surface area contributed by atoms with Crippen LogP contribution in [0.3, 0.4) is 0 Å². The fourth-order valence-electron chi connectivity index (χ4n) is 2.30. The molecule has 0 saturated heterocycles. The Labute approximate surface area is 163 Å². The number of benzene rings is 2. The Bertz CT molecular complexity index is 667. The number of methoxy groups -OCH3 is 1. The predicted octanol–water partition coefficient (Wildman–Crippen LogP) is 4.27. The van der Waals surface area contributed by atoms with E-state index in [0.717, 1.165) is 15.6 Å². The Morgan fingerprint density at radius 2 is 2.00 bits per heavy atom. The van der Waals surface area contributed by atoms with E-state index in [9.17, 15) is 5.11 Å². The monoisotopic (exact) mass is 427 g/mol. The van der Waals surface area contributed by atoms with E-state index in [4.69, 9.17) is 9.47 Å². The highest BCUT2D eigenvalue weighted by atomic mass is 79.9. The molecule has 136 valence electrons. The molecule has 0 spiro atoms. The van der Waals surface area contributed by atoms with E-state index in [1.54, 1.807) is 13.2 Å². The van der Waals surface area contributed by atoms with Gasteiger partial charge in [-0.3, -0.25) is 0 Å². The van der Waals surface area contributed by atoms with E-state index in [0.29, 0.717) is 31.2 Å². The second kappa shape index (κ2) is 11.2. The quantitative estimate of drug-likeness (QED) is 0.586. The highest BCUT2D eigenvalue weighted by Crippen LogP contribution is 2.36. The fraction of sp³-hybridized carbons (Fsp3) is 0.263. The van der Waals surface area contributed by atoms with Crippen LogP contribution < -0.4 is 14.8 Å². The molecule has 2 rings (SSSR count). The normalized spacial score (nSPS) is 11.3. The number of halogens is 2. The van der Waals surface area contributed by atoms with E-state index in [1.807, 2.05) is 42.5 Å². The van der Waals surface area contributed by atoms with Gasteiger partial charge in [0, 0.05) is 13.1 Å². The van der Waals surface area contributed by atoms with Crippen LogP contribution in [-0.4, -0.2) is 25.4 Å². The van der Waals surface area contributed by atoms with Gasteiger partial charge in [-0.1, -0.05) is 43.0 Å². The molecule has 2 N–H and O–H groups in total. The summed E-state index contributed by atoms with van der Waals surface area (Å²) < 4.78 is 11.8. The van der Waals surface area contributed by atoms with Crippen LogP contribution in [0.4, 0.5) is 0 Å². The SMILES string of the molecule is C=CCOc1c(Br)cc(CNCC(O)c2ccccc2)cc1OC.Cl. The van der Waals surface area contributed by atoms with Gasteiger partial charge in [0.1, 0.15) is 6.61 Å². The van der Waals surface area contributed by atoms with E-state index < -0.39 is 6.10 Å². The van der Waals surface area contributed by atoms with E-state index in [-0.39, 0.29) is 12.4 Å². The molecule has 0 fully saturated rings. The first-order valence-corrected chi connectivity index (χ1v) is 8.48. The average molecular weight is 429 g/mol. The summed E-state index contributed by atoms with van der Waals surface area (Å²) in [6.45, 7) is 5.14. The Morgan fingerprint density at radius 3 is 2.64 bits per heavy atom. The van der Waals surface area contributed by atoms with E-state index in [1.165, 1.54) is 0 Å². The molecule has 0 bridgehead atoms. The lowest BCUT2D eigenvalue weighted by Gasteiger charge is -2.15. The molecule has 4 nitrogen and oxygen atoms in total. The molecule has 1 unspecified atom stereocenters. The minimum atomic E-state index is -0.535. The van der Waals surface area contributed by atoms with Gasteiger partial charge in [-0.2, -0.15) is 0 Å². The number of rotatable bonds is 9. The summed E-state index contributed by atoms with van der Waals surface area (Å²) in [5.74, 6) is 1.32.